The molecule has 1 heterocycles. The van der Waals surface area contributed by atoms with Crippen molar-refractivity contribution in [3.05, 3.63) is 47.0 Å². The van der Waals surface area contributed by atoms with E-state index >= 15 is 0 Å². The minimum absolute atomic E-state index is 0.180. The van der Waals surface area contributed by atoms with E-state index in [0.29, 0.717) is 6.61 Å². The lowest BCUT2D eigenvalue weighted by Crippen LogP contribution is -2.14. The van der Waals surface area contributed by atoms with Crippen LogP contribution in [0, 0.1) is 0 Å². The molecule has 0 fully saturated rings. The van der Waals surface area contributed by atoms with E-state index in [2.05, 4.69) is 28.7 Å². The molecule has 4 nitrogen and oxygen atoms in total. The highest BCUT2D eigenvalue weighted by molar-refractivity contribution is 6.30. The predicted molar refractivity (Wildman–Crippen MR) is 85.8 cm³/mol. The number of nitrogens with zero attached hydrogens (tertiary/aromatic N) is 2. The Kier molecular flexibility index (Phi) is 5.65. The number of benzene rings is 1. The summed E-state index contributed by atoms with van der Waals surface area (Å²) < 4.78 is 8.11. The van der Waals surface area contributed by atoms with Crippen molar-refractivity contribution in [3.63, 3.8) is 0 Å². The molecule has 1 aromatic carbocycles. The molecule has 2 aromatic rings. The van der Waals surface area contributed by atoms with Gasteiger partial charge in [0.1, 0.15) is 12.4 Å². The van der Waals surface area contributed by atoms with Crippen molar-refractivity contribution < 1.29 is 4.74 Å². The number of hydrogen-bond donors (Lipinski definition) is 1. The molecule has 0 saturated heterocycles. The summed E-state index contributed by atoms with van der Waals surface area (Å²) in [6, 6.07) is 5.90. The van der Waals surface area contributed by atoms with E-state index in [1.165, 1.54) is 0 Å². The summed E-state index contributed by atoms with van der Waals surface area (Å²) in [5.74, 6) is 0.852. The molecule has 1 atom stereocenters. The number of rotatable bonds is 7. The predicted octanol–water partition coefficient (Wildman–Crippen LogP) is 3.81. The molecule has 0 aliphatic rings. The van der Waals surface area contributed by atoms with E-state index < -0.39 is 0 Å². The molecule has 0 saturated carbocycles. The highest BCUT2D eigenvalue weighted by Crippen LogP contribution is 2.28. The van der Waals surface area contributed by atoms with E-state index in [1.54, 1.807) is 0 Å². The Labute approximate surface area is 131 Å². The number of halogens is 1. The number of nitrogens with one attached hydrogen (secondary N) is 1. The summed E-state index contributed by atoms with van der Waals surface area (Å²) in [5.41, 5.74) is 2.14. The van der Waals surface area contributed by atoms with Crippen LogP contribution in [0.1, 0.15) is 37.6 Å². The zero-order chi connectivity index (χ0) is 15.2. The Morgan fingerprint density at radius 3 is 2.95 bits per heavy atom. The number of aryl methyl sites for hydroxylation is 1. The molecule has 114 valence electrons. The maximum absolute atomic E-state index is 6.09. The van der Waals surface area contributed by atoms with E-state index in [0.717, 1.165) is 35.0 Å². The first-order valence-electron chi connectivity index (χ1n) is 7.24. The van der Waals surface area contributed by atoms with Crippen molar-refractivity contribution in [1.29, 1.82) is 0 Å². The fourth-order valence-electron chi connectivity index (χ4n) is 2.21. The topological polar surface area (TPSA) is 39.1 Å². The second kappa shape index (κ2) is 7.48. The third-order valence-electron chi connectivity index (χ3n) is 3.51. The van der Waals surface area contributed by atoms with Gasteiger partial charge in [-0.05, 0) is 38.6 Å². The van der Waals surface area contributed by atoms with E-state index in [9.17, 15) is 0 Å². The molecule has 5 heteroatoms. The molecule has 1 aromatic heterocycles. The zero-order valence-electron chi connectivity index (χ0n) is 12.8. The summed E-state index contributed by atoms with van der Waals surface area (Å²) in [6.45, 7) is 5.69. The summed E-state index contributed by atoms with van der Waals surface area (Å²) in [4.78, 5) is 4.19. The summed E-state index contributed by atoms with van der Waals surface area (Å²) in [5, 5.41) is 3.94. The Morgan fingerprint density at radius 1 is 1.43 bits per heavy atom. The molecule has 0 spiro atoms. The smallest absolute Gasteiger partial charge is 0.130 e. The standard InChI is InChI=1S/C16H22ClN3O/c1-4-7-20-11-19-9-14(20)10-21-16-6-5-13(17)8-15(16)12(2)18-3/h5-6,8-9,11-12,18H,4,7,10H2,1-3H3. The van der Waals surface area contributed by atoms with Gasteiger partial charge in [0.25, 0.3) is 0 Å². The fraction of sp³-hybridized carbons (Fsp3) is 0.438. The van der Waals surface area contributed by atoms with Gasteiger partial charge in [0.05, 0.1) is 18.2 Å². The van der Waals surface area contributed by atoms with Crippen molar-refractivity contribution in [2.24, 2.45) is 0 Å². The van der Waals surface area contributed by atoms with Crippen LogP contribution in [-0.2, 0) is 13.2 Å². The largest absolute Gasteiger partial charge is 0.487 e. The van der Waals surface area contributed by atoms with Crippen molar-refractivity contribution in [1.82, 2.24) is 14.9 Å². The number of aromatic nitrogens is 2. The molecule has 0 aliphatic heterocycles. The molecule has 0 bridgehead atoms. The van der Waals surface area contributed by atoms with Gasteiger partial charge in [-0.3, -0.25) is 0 Å². The van der Waals surface area contributed by atoms with Gasteiger partial charge in [-0.1, -0.05) is 18.5 Å². The lowest BCUT2D eigenvalue weighted by atomic mass is 10.1. The fourth-order valence-corrected chi connectivity index (χ4v) is 2.39. The van der Waals surface area contributed by atoms with Crippen LogP contribution in [0.3, 0.4) is 0 Å². The first-order valence-corrected chi connectivity index (χ1v) is 7.62. The first-order chi connectivity index (χ1) is 10.2. The SMILES string of the molecule is CCCn1cncc1COc1ccc(Cl)cc1C(C)NC. The van der Waals surface area contributed by atoms with Crippen LogP contribution in [-0.4, -0.2) is 16.6 Å². The molecule has 0 radical (unpaired) electrons. The van der Waals surface area contributed by atoms with E-state index in [4.69, 9.17) is 16.3 Å². The Bertz CT molecular complexity index is 583. The molecule has 1 N–H and O–H groups in total. The van der Waals surface area contributed by atoms with Crippen molar-refractivity contribution in [3.8, 4) is 5.75 Å². The van der Waals surface area contributed by atoms with Crippen molar-refractivity contribution >= 4 is 11.6 Å². The summed E-state index contributed by atoms with van der Waals surface area (Å²) in [6.07, 6.45) is 4.78. The molecule has 2 rings (SSSR count). The average molecular weight is 308 g/mol. The summed E-state index contributed by atoms with van der Waals surface area (Å²) >= 11 is 6.09. The van der Waals surface area contributed by atoms with Gasteiger partial charge in [-0.2, -0.15) is 0 Å². The van der Waals surface area contributed by atoms with Crippen LogP contribution in [0.15, 0.2) is 30.7 Å². The molecule has 0 amide bonds. The van der Waals surface area contributed by atoms with Gasteiger partial charge in [-0.25, -0.2) is 4.98 Å². The molecule has 0 aliphatic carbocycles. The van der Waals surface area contributed by atoms with Gasteiger partial charge in [0.15, 0.2) is 0 Å². The Balaban J connectivity index is 2.14. The second-order valence-electron chi connectivity index (χ2n) is 5.06. The van der Waals surface area contributed by atoms with Crippen LogP contribution < -0.4 is 10.1 Å². The van der Waals surface area contributed by atoms with E-state index in [-0.39, 0.29) is 6.04 Å². The third kappa shape index (κ3) is 3.99. The van der Waals surface area contributed by atoms with Gasteiger partial charge in [0.2, 0.25) is 0 Å². The highest BCUT2D eigenvalue weighted by atomic mass is 35.5. The third-order valence-corrected chi connectivity index (χ3v) is 3.75. The Hall–Kier alpha value is -1.52. The van der Waals surface area contributed by atoms with Crippen LogP contribution in [0.5, 0.6) is 5.75 Å². The number of ether oxygens (including phenoxy) is 1. The maximum Gasteiger partial charge on any atom is 0.130 e. The molecular weight excluding hydrogens is 286 g/mol. The molecule has 21 heavy (non-hydrogen) atoms. The maximum atomic E-state index is 6.09. The normalized spacial score (nSPS) is 12.4. The van der Waals surface area contributed by atoms with Gasteiger partial charge >= 0.3 is 0 Å². The minimum Gasteiger partial charge on any atom is -0.487 e. The lowest BCUT2D eigenvalue weighted by molar-refractivity contribution is 0.289. The minimum atomic E-state index is 0.180. The number of imidazole rings is 1. The molecule has 1 unspecified atom stereocenters. The van der Waals surface area contributed by atoms with Crippen LogP contribution in [0.4, 0.5) is 0 Å². The van der Waals surface area contributed by atoms with Gasteiger partial charge in [0, 0.05) is 23.2 Å². The first kappa shape index (κ1) is 15.9. The number of hydrogen-bond acceptors (Lipinski definition) is 3. The Morgan fingerprint density at radius 2 is 2.24 bits per heavy atom. The monoisotopic (exact) mass is 307 g/mol. The van der Waals surface area contributed by atoms with Crippen LogP contribution in [0.25, 0.3) is 0 Å². The lowest BCUT2D eigenvalue weighted by Gasteiger charge is -2.17. The average Bonchev–Trinajstić information content (AvgIpc) is 2.93. The van der Waals surface area contributed by atoms with Crippen LogP contribution >= 0.6 is 11.6 Å². The summed E-state index contributed by atoms with van der Waals surface area (Å²) in [7, 11) is 1.92. The quantitative estimate of drug-likeness (QED) is 0.845. The second-order valence-corrected chi connectivity index (χ2v) is 5.50. The van der Waals surface area contributed by atoms with E-state index in [1.807, 2.05) is 37.8 Å². The molecular formula is C16H22ClN3O. The highest BCUT2D eigenvalue weighted by Gasteiger charge is 2.12. The van der Waals surface area contributed by atoms with Gasteiger partial charge in [-0.15, -0.1) is 0 Å². The van der Waals surface area contributed by atoms with Crippen molar-refractivity contribution in [2.45, 2.75) is 39.5 Å². The van der Waals surface area contributed by atoms with Crippen LogP contribution in [0.2, 0.25) is 5.02 Å². The van der Waals surface area contributed by atoms with Gasteiger partial charge < -0.3 is 14.6 Å². The zero-order valence-corrected chi connectivity index (χ0v) is 13.5. The van der Waals surface area contributed by atoms with Crippen molar-refractivity contribution in [2.75, 3.05) is 7.05 Å².